The summed E-state index contributed by atoms with van der Waals surface area (Å²) in [4.78, 5) is 7.84. The molecule has 3 heteroatoms. The highest BCUT2D eigenvalue weighted by atomic mass is 15.3. The van der Waals surface area contributed by atoms with Crippen LogP contribution in [-0.2, 0) is 0 Å². The van der Waals surface area contributed by atoms with Crippen molar-refractivity contribution < 1.29 is 0 Å². The van der Waals surface area contributed by atoms with Crippen molar-refractivity contribution in [1.82, 2.24) is 14.7 Å². The molecule has 3 rings (SSSR count). The van der Waals surface area contributed by atoms with Crippen LogP contribution in [0.25, 0.3) is 0 Å². The Hall–Kier alpha value is -0.120. The maximum atomic E-state index is 2.77. The van der Waals surface area contributed by atoms with E-state index >= 15 is 0 Å². The zero-order valence-corrected chi connectivity index (χ0v) is 12.2. The molecule has 3 nitrogen and oxygen atoms in total. The molecule has 0 aromatic carbocycles. The van der Waals surface area contributed by atoms with Gasteiger partial charge in [-0.25, -0.2) is 0 Å². The molecule has 3 heterocycles. The van der Waals surface area contributed by atoms with Gasteiger partial charge in [-0.2, -0.15) is 0 Å². The van der Waals surface area contributed by atoms with Crippen LogP contribution in [0.5, 0.6) is 0 Å². The molecule has 0 radical (unpaired) electrons. The second-order valence-electron chi connectivity index (χ2n) is 7.04. The first-order valence-electron chi connectivity index (χ1n) is 7.82. The molecule has 0 bridgehead atoms. The van der Waals surface area contributed by atoms with Gasteiger partial charge in [0.2, 0.25) is 0 Å². The second kappa shape index (κ2) is 5.10. The fraction of sp³-hybridized carbons (Fsp3) is 1.00. The van der Waals surface area contributed by atoms with Gasteiger partial charge in [-0.3, -0.25) is 0 Å². The number of rotatable bonds is 3. The Kier molecular flexibility index (Phi) is 3.65. The van der Waals surface area contributed by atoms with Gasteiger partial charge in [-0.15, -0.1) is 0 Å². The normalized spacial score (nSPS) is 31.0. The molecule has 0 aromatic rings. The van der Waals surface area contributed by atoms with E-state index in [0.717, 1.165) is 5.92 Å². The first kappa shape index (κ1) is 12.9. The van der Waals surface area contributed by atoms with Gasteiger partial charge in [0, 0.05) is 31.6 Å². The fourth-order valence-corrected chi connectivity index (χ4v) is 4.18. The van der Waals surface area contributed by atoms with Crippen molar-refractivity contribution in [2.45, 2.75) is 26.2 Å². The SMILES string of the molecule is CCN1CC2(CCN(CC3CCN(C)CC3)C2)C1. The van der Waals surface area contributed by atoms with Crippen molar-refractivity contribution in [2.24, 2.45) is 11.3 Å². The third kappa shape index (κ3) is 2.59. The first-order valence-corrected chi connectivity index (χ1v) is 7.82. The Balaban J connectivity index is 1.43. The van der Waals surface area contributed by atoms with Crippen molar-refractivity contribution in [3.8, 4) is 0 Å². The largest absolute Gasteiger partial charge is 0.306 e. The maximum absolute atomic E-state index is 2.77. The summed E-state index contributed by atoms with van der Waals surface area (Å²) in [5.41, 5.74) is 0.696. The van der Waals surface area contributed by atoms with Crippen LogP contribution in [0, 0.1) is 11.3 Å². The third-order valence-corrected chi connectivity index (χ3v) is 5.44. The van der Waals surface area contributed by atoms with E-state index in [1.54, 1.807) is 0 Å². The molecule has 0 atom stereocenters. The van der Waals surface area contributed by atoms with Gasteiger partial charge >= 0.3 is 0 Å². The number of nitrogens with zero attached hydrogens (tertiary/aromatic N) is 3. The standard InChI is InChI=1S/C15H29N3/c1-3-17-11-15(12-17)6-9-18(13-15)10-14-4-7-16(2)8-5-14/h14H,3-13H2,1-2H3. The monoisotopic (exact) mass is 251 g/mol. The molecule has 3 aliphatic rings. The van der Waals surface area contributed by atoms with E-state index < -0.39 is 0 Å². The Morgan fingerprint density at radius 2 is 1.67 bits per heavy atom. The minimum absolute atomic E-state index is 0.696. The molecule has 0 aliphatic carbocycles. The molecule has 0 amide bonds. The van der Waals surface area contributed by atoms with Gasteiger partial charge in [0.15, 0.2) is 0 Å². The zero-order valence-electron chi connectivity index (χ0n) is 12.2. The van der Waals surface area contributed by atoms with E-state index in [1.165, 1.54) is 71.6 Å². The van der Waals surface area contributed by atoms with Crippen LogP contribution in [0.2, 0.25) is 0 Å². The van der Waals surface area contributed by atoms with Crippen LogP contribution in [0.1, 0.15) is 26.2 Å². The second-order valence-corrected chi connectivity index (χ2v) is 7.04. The summed E-state index contributed by atoms with van der Waals surface area (Å²) in [6.45, 7) is 13.0. The predicted molar refractivity (Wildman–Crippen MR) is 75.8 cm³/mol. The average molecular weight is 251 g/mol. The van der Waals surface area contributed by atoms with Gasteiger partial charge in [0.25, 0.3) is 0 Å². The van der Waals surface area contributed by atoms with Crippen LogP contribution >= 0.6 is 0 Å². The summed E-state index contributed by atoms with van der Waals surface area (Å²) in [5, 5.41) is 0. The highest BCUT2D eigenvalue weighted by Crippen LogP contribution is 2.39. The Labute approximate surface area is 112 Å². The van der Waals surface area contributed by atoms with Crippen molar-refractivity contribution in [3.05, 3.63) is 0 Å². The zero-order chi connectivity index (χ0) is 12.6. The lowest BCUT2D eigenvalue weighted by atomic mass is 9.79. The lowest BCUT2D eigenvalue weighted by Gasteiger charge is -2.48. The Bertz CT molecular complexity index is 277. The Morgan fingerprint density at radius 3 is 2.33 bits per heavy atom. The molecular weight excluding hydrogens is 222 g/mol. The predicted octanol–water partition coefficient (Wildman–Crippen LogP) is 1.36. The summed E-state index contributed by atoms with van der Waals surface area (Å²) >= 11 is 0. The number of piperidine rings is 1. The molecule has 0 unspecified atom stereocenters. The summed E-state index contributed by atoms with van der Waals surface area (Å²) in [7, 11) is 2.26. The van der Waals surface area contributed by atoms with Gasteiger partial charge in [0.05, 0.1) is 0 Å². The molecule has 0 aromatic heterocycles. The summed E-state index contributed by atoms with van der Waals surface area (Å²) < 4.78 is 0. The molecule has 1 spiro atoms. The number of hydrogen-bond donors (Lipinski definition) is 0. The van der Waals surface area contributed by atoms with Gasteiger partial charge < -0.3 is 14.7 Å². The van der Waals surface area contributed by atoms with E-state index in [-0.39, 0.29) is 0 Å². The Morgan fingerprint density at radius 1 is 1.00 bits per heavy atom. The van der Waals surface area contributed by atoms with E-state index in [2.05, 4.69) is 28.7 Å². The van der Waals surface area contributed by atoms with Crippen LogP contribution in [0.15, 0.2) is 0 Å². The van der Waals surface area contributed by atoms with Crippen molar-refractivity contribution in [2.75, 3.05) is 59.4 Å². The molecule has 3 saturated heterocycles. The van der Waals surface area contributed by atoms with Crippen LogP contribution < -0.4 is 0 Å². The third-order valence-electron chi connectivity index (χ3n) is 5.44. The number of likely N-dealkylation sites (tertiary alicyclic amines) is 3. The van der Waals surface area contributed by atoms with Crippen molar-refractivity contribution in [3.63, 3.8) is 0 Å². The van der Waals surface area contributed by atoms with E-state index in [4.69, 9.17) is 0 Å². The lowest BCUT2D eigenvalue weighted by Crippen LogP contribution is -2.57. The highest BCUT2D eigenvalue weighted by Gasteiger charge is 2.46. The summed E-state index contributed by atoms with van der Waals surface area (Å²) in [6, 6.07) is 0. The molecule has 3 aliphatic heterocycles. The van der Waals surface area contributed by atoms with E-state index in [1.807, 2.05) is 0 Å². The minimum atomic E-state index is 0.696. The number of hydrogen-bond acceptors (Lipinski definition) is 3. The summed E-state index contributed by atoms with van der Waals surface area (Å²) in [5.74, 6) is 0.971. The smallest absolute Gasteiger partial charge is 0.00969 e. The summed E-state index contributed by atoms with van der Waals surface area (Å²) in [6.07, 6.45) is 4.29. The molecule has 104 valence electrons. The van der Waals surface area contributed by atoms with Crippen molar-refractivity contribution in [1.29, 1.82) is 0 Å². The highest BCUT2D eigenvalue weighted by molar-refractivity contribution is 5.01. The van der Waals surface area contributed by atoms with Gasteiger partial charge in [0.1, 0.15) is 0 Å². The van der Waals surface area contributed by atoms with Crippen LogP contribution in [0.3, 0.4) is 0 Å². The van der Waals surface area contributed by atoms with Gasteiger partial charge in [-0.1, -0.05) is 6.92 Å². The van der Waals surface area contributed by atoms with Crippen LogP contribution in [-0.4, -0.2) is 74.1 Å². The molecule has 0 N–H and O–H groups in total. The quantitative estimate of drug-likeness (QED) is 0.750. The van der Waals surface area contributed by atoms with E-state index in [0.29, 0.717) is 5.41 Å². The van der Waals surface area contributed by atoms with Gasteiger partial charge in [-0.05, 0) is 58.4 Å². The van der Waals surface area contributed by atoms with Crippen molar-refractivity contribution >= 4 is 0 Å². The fourth-order valence-electron chi connectivity index (χ4n) is 4.18. The average Bonchev–Trinajstić information content (AvgIpc) is 2.74. The molecular formula is C15H29N3. The topological polar surface area (TPSA) is 9.72 Å². The first-order chi connectivity index (χ1) is 8.69. The van der Waals surface area contributed by atoms with E-state index in [9.17, 15) is 0 Å². The lowest BCUT2D eigenvalue weighted by molar-refractivity contribution is 0.0111. The molecule has 3 fully saturated rings. The minimum Gasteiger partial charge on any atom is -0.306 e. The molecule has 18 heavy (non-hydrogen) atoms. The maximum Gasteiger partial charge on any atom is 0.00969 e. The van der Waals surface area contributed by atoms with Crippen LogP contribution in [0.4, 0.5) is 0 Å². The molecule has 0 saturated carbocycles.